The van der Waals surface area contributed by atoms with Crippen LogP contribution in [0.2, 0.25) is 0 Å². The van der Waals surface area contributed by atoms with Gasteiger partial charge in [0.15, 0.2) is 0 Å². The lowest BCUT2D eigenvalue weighted by Gasteiger charge is -2.00. The predicted molar refractivity (Wildman–Crippen MR) is 61.5 cm³/mol. The molecule has 1 heterocycles. The van der Waals surface area contributed by atoms with Gasteiger partial charge in [-0.25, -0.2) is 0 Å². The molecule has 2 nitrogen and oxygen atoms in total. The molecular formula is C13H15NO. The van der Waals surface area contributed by atoms with Crippen LogP contribution in [0.5, 0.6) is 0 Å². The molecule has 1 aromatic heterocycles. The molecule has 1 atom stereocenters. The SMILES string of the molecule is Cc1ccc(-c2ccc([C@@H](C)N)o2)cc1. The van der Waals surface area contributed by atoms with Gasteiger partial charge < -0.3 is 10.2 Å². The Hall–Kier alpha value is -1.54. The summed E-state index contributed by atoms with van der Waals surface area (Å²) in [4.78, 5) is 0. The fourth-order valence-corrected chi connectivity index (χ4v) is 1.47. The minimum Gasteiger partial charge on any atom is -0.459 e. The van der Waals surface area contributed by atoms with Crippen LogP contribution in [0.4, 0.5) is 0 Å². The summed E-state index contributed by atoms with van der Waals surface area (Å²) in [5, 5.41) is 0. The third-order valence-electron chi connectivity index (χ3n) is 2.41. The molecule has 2 rings (SSSR count). The van der Waals surface area contributed by atoms with Crippen LogP contribution in [0.15, 0.2) is 40.8 Å². The van der Waals surface area contributed by atoms with Crippen LogP contribution < -0.4 is 5.73 Å². The second-order valence-electron chi connectivity index (χ2n) is 3.86. The maximum atomic E-state index is 5.74. The van der Waals surface area contributed by atoms with Crippen LogP contribution in [-0.2, 0) is 0 Å². The van der Waals surface area contributed by atoms with E-state index >= 15 is 0 Å². The summed E-state index contributed by atoms with van der Waals surface area (Å²) in [6.45, 7) is 3.98. The van der Waals surface area contributed by atoms with Gasteiger partial charge in [0.2, 0.25) is 0 Å². The first-order valence-corrected chi connectivity index (χ1v) is 5.09. The molecule has 0 aliphatic heterocycles. The van der Waals surface area contributed by atoms with E-state index in [2.05, 4.69) is 31.2 Å². The maximum absolute atomic E-state index is 5.74. The Bertz CT molecular complexity index is 440. The van der Waals surface area contributed by atoms with Gasteiger partial charge in [-0.05, 0) is 26.0 Å². The molecule has 15 heavy (non-hydrogen) atoms. The first-order chi connectivity index (χ1) is 7.16. The summed E-state index contributed by atoms with van der Waals surface area (Å²) >= 11 is 0. The van der Waals surface area contributed by atoms with Gasteiger partial charge >= 0.3 is 0 Å². The van der Waals surface area contributed by atoms with Gasteiger partial charge in [0.1, 0.15) is 11.5 Å². The quantitative estimate of drug-likeness (QED) is 0.809. The van der Waals surface area contributed by atoms with Crippen molar-refractivity contribution >= 4 is 0 Å². The summed E-state index contributed by atoms with van der Waals surface area (Å²) in [6, 6.07) is 12.1. The molecule has 0 fully saturated rings. The van der Waals surface area contributed by atoms with Crippen molar-refractivity contribution in [1.29, 1.82) is 0 Å². The van der Waals surface area contributed by atoms with Crippen molar-refractivity contribution in [2.24, 2.45) is 5.73 Å². The van der Waals surface area contributed by atoms with E-state index < -0.39 is 0 Å². The average molecular weight is 201 g/mol. The van der Waals surface area contributed by atoms with Crippen molar-refractivity contribution in [2.45, 2.75) is 19.9 Å². The van der Waals surface area contributed by atoms with Gasteiger partial charge in [-0.3, -0.25) is 0 Å². The lowest BCUT2D eigenvalue weighted by molar-refractivity contribution is 0.491. The van der Waals surface area contributed by atoms with E-state index in [1.165, 1.54) is 5.56 Å². The summed E-state index contributed by atoms with van der Waals surface area (Å²) < 4.78 is 5.65. The van der Waals surface area contributed by atoms with Crippen molar-refractivity contribution in [2.75, 3.05) is 0 Å². The Labute approximate surface area is 89.7 Å². The standard InChI is InChI=1S/C13H15NO/c1-9-3-5-11(6-4-9)13-8-7-12(15-13)10(2)14/h3-8,10H,14H2,1-2H3/t10-/m1/s1. The highest BCUT2D eigenvalue weighted by atomic mass is 16.3. The second-order valence-corrected chi connectivity index (χ2v) is 3.86. The van der Waals surface area contributed by atoms with E-state index in [9.17, 15) is 0 Å². The zero-order chi connectivity index (χ0) is 10.8. The Morgan fingerprint density at radius 2 is 1.73 bits per heavy atom. The fraction of sp³-hybridized carbons (Fsp3) is 0.231. The third kappa shape index (κ3) is 2.10. The molecule has 1 aromatic carbocycles. The van der Waals surface area contributed by atoms with Gasteiger partial charge in [-0.2, -0.15) is 0 Å². The van der Waals surface area contributed by atoms with Crippen LogP contribution in [0.25, 0.3) is 11.3 Å². The topological polar surface area (TPSA) is 39.2 Å². The zero-order valence-corrected chi connectivity index (χ0v) is 9.03. The van der Waals surface area contributed by atoms with Crippen LogP contribution in [0, 0.1) is 6.92 Å². The molecule has 0 radical (unpaired) electrons. The lowest BCUT2D eigenvalue weighted by Crippen LogP contribution is -2.02. The van der Waals surface area contributed by atoms with E-state index in [4.69, 9.17) is 10.2 Å². The minimum atomic E-state index is -0.0517. The van der Waals surface area contributed by atoms with E-state index in [0.717, 1.165) is 17.1 Å². The molecular weight excluding hydrogens is 186 g/mol. The van der Waals surface area contributed by atoms with Crippen LogP contribution in [-0.4, -0.2) is 0 Å². The zero-order valence-electron chi connectivity index (χ0n) is 9.03. The fourth-order valence-electron chi connectivity index (χ4n) is 1.47. The molecule has 0 saturated heterocycles. The van der Waals surface area contributed by atoms with Crippen molar-refractivity contribution < 1.29 is 4.42 Å². The van der Waals surface area contributed by atoms with Crippen LogP contribution >= 0.6 is 0 Å². The first-order valence-electron chi connectivity index (χ1n) is 5.09. The van der Waals surface area contributed by atoms with E-state index in [1.807, 2.05) is 19.1 Å². The molecule has 0 amide bonds. The van der Waals surface area contributed by atoms with Gasteiger partial charge in [-0.1, -0.05) is 29.8 Å². The monoisotopic (exact) mass is 201 g/mol. The van der Waals surface area contributed by atoms with Gasteiger partial charge in [0.05, 0.1) is 6.04 Å². The first kappa shape index (κ1) is 9.99. The molecule has 2 aromatic rings. The largest absolute Gasteiger partial charge is 0.459 e. The second kappa shape index (κ2) is 3.91. The molecule has 0 bridgehead atoms. The average Bonchev–Trinajstić information content (AvgIpc) is 2.68. The highest BCUT2D eigenvalue weighted by molar-refractivity contribution is 5.57. The lowest BCUT2D eigenvalue weighted by atomic mass is 10.1. The Kier molecular flexibility index (Phi) is 2.60. The summed E-state index contributed by atoms with van der Waals surface area (Å²) in [5.74, 6) is 1.70. The Morgan fingerprint density at radius 3 is 2.27 bits per heavy atom. The van der Waals surface area contributed by atoms with E-state index in [0.29, 0.717) is 0 Å². The molecule has 2 N–H and O–H groups in total. The van der Waals surface area contributed by atoms with Gasteiger partial charge in [0.25, 0.3) is 0 Å². The number of hydrogen-bond acceptors (Lipinski definition) is 2. The van der Waals surface area contributed by atoms with E-state index in [1.54, 1.807) is 0 Å². The third-order valence-corrected chi connectivity index (χ3v) is 2.41. The number of benzene rings is 1. The molecule has 2 heteroatoms. The molecule has 0 aliphatic carbocycles. The molecule has 0 spiro atoms. The molecule has 0 aliphatic rings. The number of furan rings is 1. The van der Waals surface area contributed by atoms with Gasteiger partial charge in [0, 0.05) is 5.56 Å². The van der Waals surface area contributed by atoms with E-state index in [-0.39, 0.29) is 6.04 Å². The van der Waals surface area contributed by atoms with Crippen molar-refractivity contribution in [3.63, 3.8) is 0 Å². The van der Waals surface area contributed by atoms with Crippen LogP contribution in [0.1, 0.15) is 24.3 Å². The maximum Gasteiger partial charge on any atom is 0.134 e. The Morgan fingerprint density at radius 1 is 1.07 bits per heavy atom. The van der Waals surface area contributed by atoms with Crippen molar-refractivity contribution in [1.82, 2.24) is 0 Å². The highest BCUT2D eigenvalue weighted by Crippen LogP contribution is 2.24. The normalized spacial score (nSPS) is 12.7. The Balaban J connectivity index is 2.33. The molecule has 0 saturated carbocycles. The van der Waals surface area contributed by atoms with Crippen molar-refractivity contribution in [3.8, 4) is 11.3 Å². The number of aryl methyl sites for hydroxylation is 1. The predicted octanol–water partition coefficient (Wildman–Crippen LogP) is 3.27. The number of rotatable bonds is 2. The minimum absolute atomic E-state index is 0.0517. The summed E-state index contributed by atoms with van der Waals surface area (Å²) in [6.07, 6.45) is 0. The van der Waals surface area contributed by atoms with Crippen molar-refractivity contribution in [3.05, 3.63) is 47.7 Å². The highest BCUT2D eigenvalue weighted by Gasteiger charge is 2.07. The number of nitrogens with two attached hydrogens (primary N) is 1. The molecule has 0 unspecified atom stereocenters. The summed E-state index contributed by atoms with van der Waals surface area (Å²) in [5.41, 5.74) is 8.07. The molecule has 78 valence electrons. The van der Waals surface area contributed by atoms with Crippen LogP contribution in [0.3, 0.4) is 0 Å². The van der Waals surface area contributed by atoms with Gasteiger partial charge in [-0.15, -0.1) is 0 Å². The number of hydrogen-bond donors (Lipinski definition) is 1. The summed E-state index contributed by atoms with van der Waals surface area (Å²) in [7, 11) is 0. The smallest absolute Gasteiger partial charge is 0.134 e.